The van der Waals surface area contributed by atoms with Gasteiger partial charge in [-0.15, -0.1) is 0 Å². The van der Waals surface area contributed by atoms with E-state index in [9.17, 15) is 4.79 Å². The fraction of sp³-hybridized carbons (Fsp3) is 0.316. The van der Waals surface area contributed by atoms with Crippen LogP contribution < -0.4 is 10.1 Å². The number of ether oxygens (including phenoxy) is 1. The van der Waals surface area contributed by atoms with Gasteiger partial charge in [0.2, 0.25) is 0 Å². The standard InChI is InChI=1S/C19H21ClN2O2/c20-17-8-3-1-6-15(17)14-24-18-9-4-2-7-16(18)19(23)22-12-5-10-21-11-13-22/h1-4,6-9,21H,5,10-14H2. The summed E-state index contributed by atoms with van der Waals surface area (Å²) in [7, 11) is 0. The number of carbonyl (C=O) groups excluding carboxylic acids is 1. The normalized spacial score (nSPS) is 15.0. The van der Waals surface area contributed by atoms with E-state index in [0.717, 1.165) is 38.2 Å². The molecule has 0 radical (unpaired) electrons. The molecule has 0 aliphatic carbocycles. The molecular formula is C19H21ClN2O2. The van der Waals surface area contributed by atoms with Crippen LogP contribution in [-0.2, 0) is 6.61 Å². The van der Waals surface area contributed by atoms with Crippen LogP contribution in [0.5, 0.6) is 5.75 Å². The fourth-order valence-electron chi connectivity index (χ4n) is 2.76. The van der Waals surface area contributed by atoms with Crippen molar-refractivity contribution in [3.63, 3.8) is 0 Å². The molecule has 2 aromatic rings. The fourth-order valence-corrected chi connectivity index (χ4v) is 2.95. The highest BCUT2D eigenvalue weighted by Gasteiger charge is 2.20. The number of carbonyl (C=O) groups is 1. The minimum Gasteiger partial charge on any atom is -0.488 e. The average molecular weight is 345 g/mol. The van der Waals surface area contributed by atoms with Crippen molar-refractivity contribution >= 4 is 17.5 Å². The number of halogens is 1. The van der Waals surface area contributed by atoms with Gasteiger partial charge in [-0.2, -0.15) is 0 Å². The lowest BCUT2D eigenvalue weighted by atomic mass is 10.1. The van der Waals surface area contributed by atoms with E-state index in [2.05, 4.69) is 5.32 Å². The summed E-state index contributed by atoms with van der Waals surface area (Å²) in [5.41, 5.74) is 1.51. The smallest absolute Gasteiger partial charge is 0.257 e. The number of hydrogen-bond donors (Lipinski definition) is 1. The van der Waals surface area contributed by atoms with Crippen LogP contribution in [0.1, 0.15) is 22.3 Å². The van der Waals surface area contributed by atoms with Crippen molar-refractivity contribution in [3.05, 3.63) is 64.7 Å². The summed E-state index contributed by atoms with van der Waals surface area (Å²) in [6.07, 6.45) is 0.967. The molecule has 1 saturated heterocycles. The summed E-state index contributed by atoms with van der Waals surface area (Å²) in [6, 6.07) is 15.0. The van der Waals surface area contributed by atoms with Gasteiger partial charge >= 0.3 is 0 Å². The van der Waals surface area contributed by atoms with Gasteiger partial charge in [-0.1, -0.05) is 41.9 Å². The number of nitrogens with one attached hydrogen (secondary N) is 1. The van der Waals surface area contributed by atoms with E-state index in [1.807, 2.05) is 53.4 Å². The van der Waals surface area contributed by atoms with Gasteiger partial charge in [0, 0.05) is 30.2 Å². The number of para-hydroxylation sites is 1. The second-order valence-electron chi connectivity index (χ2n) is 5.77. The van der Waals surface area contributed by atoms with Gasteiger partial charge in [0.15, 0.2) is 0 Å². The zero-order valence-corrected chi connectivity index (χ0v) is 14.3. The molecule has 1 amide bonds. The van der Waals surface area contributed by atoms with Crippen LogP contribution in [0.2, 0.25) is 5.02 Å². The lowest BCUT2D eigenvalue weighted by molar-refractivity contribution is 0.0761. The van der Waals surface area contributed by atoms with E-state index in [1.54, 1.807) is 0 Å². The molecule has 0 unspecified atom stereocenters. The Labute approximate surface area is 147 Å². The molecule has 2 aromatic carbocycles. The van der Waals surface area contributed by atoms with Crippen LogP contribution in [0.25, 0.3) is 0 Å². The van der Waals surface area contributed by atoms with E-state index < -0.39 is 0 Å². The first-order chi connectivity index (χ1) is 11.8. The van der Waals surface area contributed by atoms with Gasteiger partial charge in [0.05, 0.1) is 5.56 Å². The number of rotatable bonds is 4. The lowest BCUT2D eigenvalue weighted by Gasteiger charge is -2.21. The molecule has 0 saturated carbocycles. The molecule has 1 aliphatic rings. The summed E-state index contributed by atoms with van der Waals surface area (Å²) in [5, 5.41) is 3.98. The maximum Gasteiger partial charge on any atom is 0.257 e. The Morgan fingerprint density at radius 3 is 2.75 bits per heavy atom. The van der Waals surface area contributed by atoms with Gasteiger partial charge in [-0.05, 0) is 31.2 Å². The second-order valence-corrected chi connectivity index (χ2v) is 6.18. The maximum absolute atomic E-state index is 12.8. The molecule has 0 atom stereocenters. The minimum absolute atomic E-state index is 0.0217. The molecule has 1 N–H and O–H groups in total. The topological polar surface area (TPSA) is 41.6 Å². The molecule has 0 aromatic heterocycles. The third-order valence-electron chi connectivity index (χ3n) is 4.09. The number of nitrogens with zero attached hydrogens (tertiary/aromatic N) is 1. The highest BCUT2D eigenvalue weighted by Crippen LogP contribution is 2.23. The summed E-state index contributed by atoms with van der Waals surface area (Å²) >= 11 is 6.17. The van der Waals surface area contributed by atoms with E-state index in [1.165, 1.54) is 0 Å². The molecule has 1 fully saturated rings. The number of benzene rings is 2. The SMILES string of the molecule is O=C(c1ccccc1OCc1ccccc1Cl)N1CCCNCC1. The lowest BCUT2D eigenvalue weighted by Crippen LogP contribution is -2.34. The van der Waals surface area contributed by atoms with Crippen molar-refractivity contribution in [3.8, 4) is 5.75 Å². The maximum atomic E-state index is 12.8. The van der Waals surface area contributed by atoms with Crippen molar-refractivity contribution in [1.29, 1.82) is 0 Å². The van der Waals surface area contributed by atoms with Crippen LogP contribution in [0.3, 0.4) is 0 Å². The quantitative estimate of drug-likeness (QED) is 0.924. The first-order valence-corrected chi connectivity index (χ1v) is 8.59. The molecule has 5 heteroatoms. The minimum atomic E-state index is 0.0217. The van der Waals surface area contributed by atoms with Gasteiger partial charge in [-0.25, -0.2) is 0 Å². The van der Waals surface area contributed by atoms with Gasteiger partial charge in [-0.3, -0.25) is 4.79 Å². The summed E-state index contributed by atoms with van der Waals surface area (Å²) in [5.74, 6) is 0.619. The molecule has 3 rings (SSSR count). The van der Waals surface area contributed by atoms with Crippen LogP contribution in [0.4, 0.5) is 0 Å². The Balaban J connectivity index is 1.75. The van der Waals surface area contributed by atoms with Gasteiger partial charge in [0.1, 0.15) is 12.4 Å². The molecule has 24 heavy (non-hydrogen) atoms. The van der Waals surface area contributed by atoms with Crippen LogP contribution >= 0.6 is 11.6 Å². The van der Waals surface area contributed by atoms with Crippen LogP contribution in [-0.4, -0.2) is 37.0 Å². The summed E-state index contributed by atoms with van der Waals surface area (Å²) in [4.78, 5) is 14.7. The van der Waals surface area contributed by atoms with Crippen molar-refractivity contribution < 1.29 is 9.53 Å². The number of hydrogen-bond acceptors (Lipinski definition) is 3. The Morgan fingerprint density at radius 2 is 1.88 bits per heavy atom. The highest BCUT2D eigenvalue weighted by molar-refractivity contribution is 6.31. The average Bonchev–Trinajstić information content (AvgIpc) is 2.90. The Morgan fingerprint density at radius 1 is 1.08 bits per heavy atom. The first kappa shape index (κ1) is 16.8. The van der Waals surface area contributed by atoms with Crippen molar-refractivity contribution in [2.45, 2.75) is 13.0 Å². The molecule has 0 bridgehead atoms. The zero-order valence-electron chi connectivity index (χ0n) is 13.5. The van der Waals surface area contributed by atoms with Gasteiger partial charge in [0.25, 0.3) is 5.91 Å². The largest absolute Gasteiger partial charge is 0.488 e. The Bertz CT molecular complexity index is 697. The molecule has 0 spiro atoms. The zero-order chi connectivity index (χ0) is 16.8. The molecule has 126 valence electrons. The molecule has 1 heterocycles. The monoisotopic (exact) mass is 344 g/mol. The molecule has 4 nitrogen and oxygen atoms in total. The first-order valence-electron chi connectivity index (χ1n) is 8.21. The predicted molar refractivity (Wildman–Crippen MR) is 95.6 cm³/mol. The van der Waals surface area contributed by atoms with E-state index in [-0.39, 0.29) is 5.91 Å². The van der Waals surface area contributed by atoms with Crippen molar-refractivity contribution in [1.82, 2.24) is 10.2 Å². The van der Waals surface area contributed by atoms with Crippen molar-refractivity contribution in [2.24, 2.45) is 0 Å². The van der Waals surface area contributed by atoms with Gasteiger partial charge < -0.3 is 15.0 Å². The predicted octanol–water partition coefficient (Wildman–Crippen LogP) is 3.35. The van der Waals surface area contributed by atoms with E-state index in [0.29, 0.717) is 22.9 Å². The Kier molecular flexibility index (Phi) is 5.72. The van der Waals surface area contributed by atoms with Crippen LogP contribution in [0.15, 0.2) is 48.5 Å². The third kappa shape index (κ3) is 4.08. The third-order valence-corrected chi connectivity index (χ3v) is 4.45. The number of amides is 1. The summed E-state index contributed by atoms with van der Waals surface area (Å²) in [6.45, 7) is 3.61. The summed E-state index contributed by atoms with van der Waals surface area (Å²) < 4.78 is 5.90. The Hall–Kier alpha value is -2.04. The molecule has 1 aliphatic heterocycles. The van der Waals surface area contributed by atoms with E-state index in [4.69, 9.17) is 16.3 Å². The molecular weight excluding hydrogens is 324 g/mol. The van der Waals surface area contributed by atoms with E-state index >= 15 is 0 Å². The van der Waals surface area contributed by atoms with Crippen LogP contribution in [0, 0.1) is 0 Å². The van der Waals surface area contributed by atoms with Crippen molar-refractivity contribution in [2.75, 3.05) is 26.2 Å². The highest BCUT2D eigenvalue weighted by atomic mass is 35.5. The second kappa shape index (κ2) is 8.18.